The van der Waals surface area contributed by atoms with Crippen LogP contribution < -0.4 is 10.6 Å². The Bertz CT molecular complexity index is 371. The molecule has 9 heteroatoms. The Labute approximate surface area is 108 Å². The summed E-state index contributed by atoms with van der Waals surface area (Å²) < 4.78 is 0. The van der Waals surface area contributed by atoms with E-state index in [0.29, 0.717) is 0 Å². The molecular formula is C10H16N2O7. The molecule has 0 aliphatic carbocycles. The zero-order valence-corrected chi connectivity index (χ0v) is 10.4. The highest BCUT2D eigenvalue weighted by molar-refractivity contribution is 5.80. The van der Waals surface area contributed by atoms with Gasteiger partial charge in [-0.25, -0.2) is 4.79 Å². The van der Waals surface area contributed by atoms with Crippen LogP contribution in [0.4, 0.5) is 0 Å². The lowest BCUT2D eigenvalue weighted by Gasteiger charge is -2.29. The Morgan fingerprint density at radius 2 is 1.53 bits per heavy atom. The van der Waals surface area contributed by atoms with Gasteiger partial charge in [0.1, 0.15) is 18.4 Å². The van der Waals surface area contributed by atoms with Crippen LogP contribution in [0.1, 0.15) is 13.8 Å². The molecule has 0 rings (SSSR count). The normalized spacial score (nSPS) is 16.6. The number of hydrogen-bond acceptors (Lipinski definition) is 6. The molecule has 108 valence electrons. The molecule has 0 aromatic heterocycles. The molecule has 0 unspecified atom stereocenters. The number of nitrogens with one attached hydrogen (secondary N) is 2. The molecule has 19 heavy (non-hydrogen) atoms. The van der Waals surface area contributed by atoms with E-state index in [0.717, 1.165) is 13.8 Å². The highest BCUT2D eigenvalue weighted by atomic mass is 16.4. The largest absolute Gasteiger partial charge is 0.479 e. The highest BCUT2D eigenvalue weighted by Gasteiger charge is 2.37. The molecule has 0 heterocycles. The van der Waals surface area contributed by atoms with E-state index in [4.69, 9.17) is 5.11 Å². The average Bonchev–Trinajstić information content (AvgIpc) is 2.30. The molecule has 0 aliphatic heterocycles. The fraction of sp³-hybridized carbons (Fsp3) is 0.600. The monoisotopic (exact) mass is 276 g/mol. The van der Waals surface area contributed by atoms with Gasteiger partial charge in [-0.3, -0.25) is 9.59 Å². The molecule has 0 aliphatic rings. The van der Waals surface area contributed by atoms with E-state index in [1.165, 1.54) is 0 Å². The summed E-state index contributed by atoms with van der Waals surface area (Å²) in [5.74, 6) is -3.02. The van der Waals surface area contributed by atoms with E-state index >= 15 is 0 Å². The maximum atomic E-state index is 11.0. The molecule has 0 saturated carbocycles. The summed E-state index contributed by atoms with van der Waals surface area (Å²) in [6.45, 7) is 2.17. The number of rotatable bonds is 7. The number of carboxylic acid groups (broad SMARTS) is 1. The van der Waals surface area contributed by atoms with Crippen LogP contribution in [0.3, 0.4) is 0 Å². The second-order valence-corrected chi connectivity index (χ2v) is 3.86. The lowest BCUT2D eigenvalue weighted by atomic mass is 9.98. The number of carboxylic acids is 1. The minimum absolute atomic E-state index is 0.222. The van der Waals surface area contributed by atoms with Crippen LogP contribution in [0.15, 0.2) is 0 Å². The molecule has 0 aromatic rings. The fourth-order valence-electron chi connectivity index (χ4n) is 1.41. The number of hydrogen-bond donors (Lipinski definition) is 5. The van der Waals surface area contributed by atoms with Gasteiger partial charge in [-0.15, -0.1) is 0 Å². The maximum Gasteiger partial charge on any atom is 0.335 e. The fourth-order valence-corrected chi connectivity index (χ4v) is 1.41. The van der Waals surface area contributed by atoms with E-state index in [9.17, 15) is 29.4 Å². The van der Waals surface area contributed by atoms with E-state index < -0.39 is 42.1 Å². The average molecular weight is 276 g/mol. The van der Waals surface area contributed by atoms with Gasteiger partial charge in [0, 0.05) is 13.8 Å². The Balaban J connectivity index is 5.16. The van der Waals surface area contributed by atoms with Crippen LogP contribution >= 0.6 is 0 Å². The van der Waals surface area contributed by atoms with Gasteiger partial charge in [0.05, 0.1) is 6.04 Å². The van der Waals surface area contributed by atoms with Crippen molar-refractivity contribution >= 4 is 24.1 Å². The van der Waals surface area contributed by atoms with Crippen molar-refractivity contribution in [3.8, 4) is 0 Å². The van der Waals surface area contributed by atoms with Gasteiger partial charge in [0.2, 0.25) is 11.8 Å². The zero-order chi connectivity index (χ0) is 15.2. The van der Waals surface area contributed by atoms with Crippen molar-refractivity contribution < 1.29 is 34.5 Å². The van der Waals surface area contributed by atoms with Crippen molar-refractivity contribution in [3.63, 3.8) is 0 Å². The van der Waals surface area contributed by atoms with Gasteiger partial charge in [-0.2, -0.15) is 0 Å². The molecule has 4 atom stereocenters. The summed E-state index contributed by atoms with van der Waals surface area (Å²) in [5.41, 5.74) is 0. The third kappa shape index (κ3) is 5.44. The quantitative estimate of drug-likeness (QED) is 0.310. The summed E-state index contributed by atoms with van der Waals surface area (Å²) in [6.07, 6.45) is -3.96. The topological polar surface area (TPSA) is 153 Å². The van der Waals surface area contributed by atoms with Crippen LogP contribution in [0.2, 0.25) is 0 Å². The van der Waals surface area contributed by atoms with Crippen molar-refractivity contribution in [1.82, 2.24) is 10.6 Å². The summed E-state index contributed by atoms with van der Waals surface area (Å²) >= 11 is 0. The second-order valence-electron chi connectivity index (χ2n) is 3.86. The second kappa shape index (κ2) is 7.44. The first-order chi connectivity index (χ1) is 8.70. The Morgan fingerprint density at radius 3 is 1.84 bits per heavy atom. The lowest BCUT2D eigenvalue weighted by Crippen LogP contribution is -2.61. The molecule has 5 N–H and O–H groups in total. The third-order valence-electron chi connectivity index (χ3n) is 2.22. The molecule has 0 radical (unpaired) electrons. The van der Waals surface area contributed by atoms with Crippen LogP contribution in [-0.2, 0) is 19.2 Å². The van der Waals surface area contributed by atoms with Crippen molar-refractivity contribution in [2.24, 2.45) is 0 Å². The van der Waals surface area contributed by atoms with Gasteiger partial charge < -0.3 is 30.7 Å². The smallest absolute Gasteiger partial charge is 0.335 e. The molecule has 9 nitrogen and oxygen atoms in total. The van der Waals surface area contributed by atoms with E-state index in [2.05, 4.69) is 10.6 Å². The number of amides is 2. The molecule has 0 bridgehead atoms. The molecule has 0 aromatic carbocycles. The van der Waals surface area contributed by atoms with Crippen molar-refractivity contribution in [1.29, 1.82) is 0 Å². The predicted octanol–water partition coefficient (Wildman–Crippen LogP) is -3.00. The Morgan fingerprint density at radius 1 is 1.05 bits per heavy atom. The third-order valence-corrected chi connectivity index (χ3v) is 2.22. The number of aliphatic hydroxyl groups excluding tert-OH is 2. The van der Waals surface area contributed by atoms with Crippen LogP contribution in [-0.4, -0.2) is 63.7 Å². The van der Waals surface area contributed by atoms with Gasteiger partial charge in [0.25, 0.3) is 0 Å². The van der Waals surface area contributed by atoms with Gasteiger partial charge in [-0.05, 0) is 0 Å². The van der Waals surface area contributed by atoms with Crippen molar-refractivity contribution in [3.05, 3.63) is 0 Å². The van der Waals surface area contributed by atoms with Crippen molar-refractivity contribution in [2.75, 3.05) is 0 Å². The maximum absolute atomic E-state index is 11.0. The molecular weight excluding hydrogens is 260 g/mol. The highest BCUT2D eigenvalue weighted by Crippen LogP contribution is 2.05. The minimum Gasteiger partial charge on any atom is -0.479 e. The summed E-state index contributed by atoms with van der Waals surface area (Å²) in [7, 11) is 0. The number of carbonyl (C=O) groups is 4. The first kappa shape index (κ1) is 17.0. The van der Waals surface area contributed by atoms with Crippen LogP contribution in [0.25, 0.3) is 0 Å². The molecule has 2 amide bonds. The minimum atomic E-state index is -2.21. The van der Waals surface area contributed by atoms with E-state index in [-0.39, 0.29) is 6.29 Å². The lowest BCUT2D eigenvalue weighted by molar-refractivity contribution is -0.155. The Hall–Kier alpha value is -2.00. The number of aldehydes is 1. The number of aliphatic carboxylic acids is 1. The predicted molar refractivity (Wildman–Crippen MR) is 60.9 cm³/mol. The first-order valence-electron chi connectivity index (χ1n) is 5.29. The summed E-state index contributed by atoms with van der Waals surface area (Å²) in [4.78, 5) is 43.3. The van der Waals surface area contributed by atoms with Crippen LogP contribution in [0.5, 0.6) is 0 Å². The number of aliphatic hydroxyl groups is 2. The summed E-state index contributed by atoms with van der Waals surface area (Å²) in [5, 5.41) is 31.7. The SMILES string of the molecule is CC(=O)N[C@@H]([C@H](O)[C@H](O)C(=O)O)[C@@H](C=O)NC(C)=O. The van der Waals surface area contributed by atoms with Crippen molar-refractivity contribution in [2.45, 2.75) is 38.1 Å². The standard InChI is InChI=1S/C10H16N2O7/c1-4(14)11-6(3-13)7(12-5(2)15)8(16)9(17)10(18)19/h3,6-9,16-17H,1-2H3,(H,11,14)(H,12,15)(H,18,19)/t6-,7-,8+,9+/m1/s1. The zero-order valence-electron chi connectivity index (χ0n) is 10.4. The molecule has 0 saturated heterocycles. The molecule has 0 spiro atoms. The first-order valence-corrected chi connectivity index (χ1v) is 5.29. The number of carbonyl (C=O) groups excluding carboxylic acids is 3. The van der Waals surface area contributed by atoms with Gasteiger partial charge in [0.15, 0.2) is 6.10 Å². The molecule has 0 fully saturated rings. The Kier molecular flexibility index (Phi) is 6.66. The van der Waals surface area contributed by atoms with Crippen LogP contribution in [0, 0.1) is 0 Å². The van der Waals surface area contributed by atoms with E-state index in [1.54, 1.807) is 0 Å². The van der Waals surface area contributed by atoms with Gasteiger partial charge >= 0.3 is 5.97 Å². The van der Waals surface area contributed by atoms with E-state index in [1.807, 2.05) is 0 Å². The summed E-state index contributed by atoms with van der Waals surface area (Å²) in [6, 6.07) is -2.84. The van der Waals surface area contributed by atoms with Gasteiger partial charge in [-0.1, -0.05) is 0 Å².